The third kappa shape index (κ3) is 4.63. The van der Waals surface area contributed by atoms with Crippen LogP contribution in [0.3, 0.4) is 0 Å². The van der Waals surface area contributed by atoms with E-state index in [-0.39, 0.29) is 18.6 Å². The van der Waals surface area contributed by atoms with Crippen molar-refractivity contribution >= 4 is 10.0 Å². The van der Waals surface area contributed by atoms with Gasteiger partial charge < -0.3 is 14.2 Å². The predicted molar refractivity (Wildman–Crippen MR) is 103 cm³/mol. The number of fused-ring (bicyclic) bond motifs is 1. The van der Waals surface area contributed by atoms with Crippen molar-refractivity contribution in [2.24, 2.45) is 0 Å². The Balaban J connectivity index is 1.23. The summed E-state index contributed by atoms with van der Waals surface area (Å²) in [5.41, 5.74) is 1.83. The van der Waals surface area contributed by atoms with Gasteiger partial charge in [-0.05, 0) is 42.2 Å². The first-order valence-corrected chi connectivity index (χ1v) is 10.9. The van der Waals surface area contributed by atoms with Gasteiger partial charge in [-0.25, -0.2) is 12.7 Å². The lowest BCUT2D eigenvalue weighted by Crippen LogP contribution is -2.42. The summed E-state index contributed by atoms with van der Waals surface area (Å²) in [5.74, 6) is 1.48. The minimum atomic E-state index is -3.31. The van der Waals surface area contributed by atoms with Crippen molar-refractivity contribution in [2.75, 3.05) is 25.6 Å². The molecule has 1 radical (unpaired) electrons. The molecular weight excluding hydrogens is 380 g/mol. The second kappa shape index (κ2) is 8.46. The van der Waals surface area contributed by atoms with Crippen LogP contribution in [0.15, 0.2) is 42.7 Å². The first-order chi connectivity index (χ1) is 13.6. The zero-order valence-corrected chi connectivity index (χ0v) is 16.3. The smallest absolute Gasteiger partial charge is 0.231 e. The van der Waals surface area contributed by atoms with Crippen molar-refractivity contribution < 1.29 is 22.6 Å². The van der Waals surface area contributed by atoms with Crippen LogP contribution >= 0.6 is 0 Å². The highest BCUT2D eigenvalue weighted by atomic mass is 32.2. The fraction of sp³-hybridized carbons (Fsp3) is 0.400. The van der Waals surface area contributed by atoms with E-state index in [0.29, 0.717) is 32.5 Å². The zero-order valence-electron chi connectivity index (χ0n) is 15.5. The van der Waals surface area contributed by atoms with Gasteiger partial charge in [-0.2, -0.15) is 0 Å². The summed E-state index contributed by atoms with van der Waals surface area (Å²) in [5, 5.41) is 0. The van der Waals surface area contributed by atoms with E-state index in [0.717, 1.165) is 22.6 Å². The Morgan fingerprint density at radius 3 is 2.79 bits per heavy atom. The fourth-order valence-electron chi connectivity index (χ4n) is 3.33. The maximum absolute atomic E-state index is 12.6. The van der Waals surface area contributed by atoms with Crippen molar-refractivity contribution in [1.82, 2.24) is 9.29 Å². The third-order valence-electron chi connectivity index (χ3n) is 4.93. The molecule has 0 atom stereocenters. The minimum Gasteiger partial charge on any atom is -0.454 e. The molecule has 3 heterocycles. The van der Waals surface area contributed by atoms with Gasteiger partial charge in [0.1, 0.15) is 0 Å². The highest BCUT2D eigenvalue weighted by Gasteiger charge is 2.28. The van der Waals surface area contributed by atoms with E-state index in [1.54, 1.807) is 29.2 Å². The van der Waals surface area contributed by atoms with Crippen LogP contribution < -0.4 is 9.47 Å². The molecule has 2 aromatic rings. The van der Waals surface area contributed by atoms with E-state index in [1.807, 2.05) is 24.3 Å². The maximum Gasteiger partial charge on any atom is 0.231 e. The molecule has 0 N–H and O–H groups in total. The van der Waals surface area contributed by atoms with Gasteiger partial charge in [0.15, 0.2) is 11.5 Å². The minimum absolute atomic E-state index is 0.0125. The summed E-state index contributed by atoms with van der Waals surface area (Å²) in [7, 11) is -3.31. The van der Waals surface area contributed by atoms with Gasteiger partial charge in [-0.3, -0.25) is 4.98 Å². The van der Waals surface area contributed by atoms with Gasteiger partial charge in [0.2, 0.25) is 16.8 Å². The Hall–Kier alpha value is -2.16. The van der Waals surface area contributed by atoms with E-state index >= 15 is 0 Å². The van der Waals surface area contributed by atoms with Crippen LogP contribution in [0.2, 0.25) is 0 Å². The average Bonchev–Trinajstić information content (AvgIpc) is 3.20. The maximum atomic E-state index is 12.6. The van der Waals surface area contributed by atoms with Crippen LogP contribution in [0.25, 0.3) is 0 Å². The molecule has 7 nitrogen and oxygen atoms in total. The molecule has 4 rings (SSSR count). The van der Waals surface area contributed by atoms with Crippen molar-refractivity contribution in [2.45, 2.75) is 25.6 Å². The molecule has 1 fully saturated rings. The Labute approximate surface area is 165 Å². The molecule has 2 aliphatic heterocycles. The van der Waals surface area contributed by atoms with Crippen LogP contribution in [0.1, 0.15) is 24.0 Å². The number of hydrogen-bond acceptors (Lipinski definition) is 6. The number of hydrogen-bond donors (Lipinski definition) is 0. The van der Waals surface area contributed by atoms with Gasteiger partial charge in [0, 0.05) is 31.9 Å². The Kier molecular flexibility index (Phi) is 5.79. The van der Waals surface area contributed by atoms with Crippen molar-refractivity contribution in [3.8, 4) is 11.5 Å². The molecule has 149 valence electrons. The first-order valence-electron chi connectivity index (χ1n) is 9.31. The molecule has 1 saturated heterocycles. The molecular formula is C20H23N2O5S. The van der Waals surface area contributed by atoms with Gasteiger partial charge >= 0.3 is 0 Å². The lowest BCUT2D eigenvalue weighted by Gasteiger charge is -2.31. The highest BCUT2D eigenvalue weighted by Crippen LogP contribution is 2.33. The van der Waals surface area contributed by atoms with Crippen LogP contribution in [0.4, 0.5) is 0 Å². The number of rotatable bonds is 7. The van der Waals surface area contributed by atoms with E-state index in [1.165, 1.54) is 0 Å². The monoisotopic (exact) mass is 403 g/mol. The number of nitrogens with zero attached hydrogens (tertiary/aromatic N) is 2. The van der Waals surface area contributed by atoms with Crippen LogP contribution in [-0.2, 0) is 21.4 Å². The van der Waals surface area contributed by atoms with Crippen molar-refractivity contribution in [1.29, 1.82) is 0 Å². The largest absolute Gasteiger partial charge is 0.454 e. The second-order valence-corrected chi connectivity index (χ2v) is 8.88. The molecule has 0 saturated carbocycles. The molecule has 0 bridgehead atoms. The lowest BCUT2D eigenvalue weighted by molar-refractivity contribution is 0.0102. The molecule has 0 spiro atoms. The predicted octanol–water partition coefficient (Wildman–Crippen LogP) is 2.37. The van der Waals surface area contributed by atoms with E-state index in [4.69, 9.17) is 14.2 Å². The molecule has 0 amide bonds. The quantitative estimate of drug-likeness (QED) is 0.706. The van der Waals surface area contributed by atoms with E-state index in [9.17, 15) is 8.42 Å². The van der Waals surface area contributed by atoms with Gasteiger partial charge in [0.25, 0.3) is 0 Å². The summed E-state index contributed by atoms with van der Waals surface area (Å²) in [6.45, 7) is 1.69. The van der Waals surface area contributed by atoms with Gasteiger partial charge in [0.05, 0.1) is 18.5 Å². The molecule has 8 heteroatoms. The SMILES string of the molecule is O=S(=O)(C[CH]c1cccnc1)N1CCC(OCc2ccc3c(c2)OCO3)CC1. The normalized spacial score (nSPS) is 17.7. The second-order valence-electron chi connectivity index (χ2n) is 6.87. The third-order valence-corrected chi connectivity index (χ3v) is 6.67. The molecule has 1 aromatic heterocycles. The molecule has 0 unspecified atom stereocenters. The molecule has 1 aromatic carbocycles. The number of ether oxygens (including phenoxy) is 3. The lowest BCUT2D eigenvalue weighted by atomic mass is 10.1. The van der Waals surface area contributed by atoms with Crippen LogP contribution in [0, 0.1) is 6.42 Å². The topological polar surface area (TPSA) is 78.0 Å². The fourth-order valence-corrected chi connectivity index (χ4v) is 4.71. The number of aromatic nitrogens is 1. The number of pyridine rings is 1. The molecule has 0 aliphatic carbocycles. The Morgan fingerprint density at radius 2 is 2.00 bits per heavy atom. The summed E-state index contributed by atoms with van der Waals surface area (Å²) in [6.07, 6.45) is 6.46. The molecule has 2 aliphatic rings. The average molecular weight is 403 g/mol. The number of benzene rings is 1. The molecule has 28 heavy (non-hydrogen) atoms. The summed E-state index contributed by atoms with van der Waals surface area (Å²) in [6, 6.07) is 9.41. The Bertz CT molecular complexity index is 896. The number of sulfonamides is 1. The Morgan fingerprint density at radius 1 is 1.18 bits per heavy atom. The highest BCUT2D eigenvalue weighted by molar-refractivity contribution is 7.89. The van der Waals surface area contributed by atoms with Crippen LogP contribution in [-0.4, -0.2) is 49.4 Å². The van der Waals surface area contributed by atoms with E-state index < -0.39 is 10.0 Å². The van der Waals surface area contributed by atoms with Gasteiger partial charge in [-0.1, -0.05) is 12.1 Å². The van der Waals surface area contributed by atoms with Crippen LogP contribution in [0.5, 0.6) is 11.5 Å². The van der Waals surface area contributed by atoms with Crippen molar-refractivity contribution in [3.05, 3.63) is 60.3 Å². The number of piperidine rings is 1. The van der Waals surface area contributed by atoms with Crippen molar-refractivity contribution in [3.63, 3.8) is 0 Å². The summed E-state index contributed by atoms with van der Waals surface area (Å²) >= 11 is 0. The summed E-state index contributed by atoms with van der Waals surface area (Å²) < 4.78 is 43.4. The van der Waals surface area contributed by atoms with E-state index in [2.05, 4.69) is 4.98 Å². The summed E-state index contributed by atoms with van der Waals surface area (Å²) in [4.78, 5) is 4.00. The van der Waals surface area contributed by atoms with Gasteiger partial charge in [-0.15, -0.1) is 0 Å². The standard InChI is InChI=1S/C20H23N2O5S/c23-28(24,11-7-16-2-1-8-21-13-16)22-9-5-18(6-10-22)25-14-17-3-4-19-20(12-17)27-15-26-19/h1-4,7-8,12-13,18H,5-6,9-11,14-15H2. The first kappa shape index (κ1) is 19.2. The zero-order chi connectivity index (χ0) is 19.4.